The molecule has 0 atom stereocenters. The number of carbonyl (C=O) groups is 1. The molecule has 68 valence electrons. The van der Waals surface area contributed by atoms with Crippen molar-refractivity contribution < 1.29 is 9.90 Å². The third-order valence-electron chi connectivity index (χ3n) is 1.74. The largest absolute Gasteiger partial charge is 0.400 e. The van der Waals surface area contributed by atoms with Gasteiger partial charge in [0.15, 0.2) is 6.29 Å². The van der Waals surface area contributed by atoms with Crippen molar-refractivity contribution >= 4 is 17.6 Å². The van der Waals surface area contributed by atoms with E-state index >= 15 is 0 Å². The average Bonchev–Trinajstić information content (AvgIpc) is 2.31. The van der Waals surface area contributed by atoms with Crippen LogP contribution in [0.3, 0.4) is 0 Å². The van der Waals surface area contributed by atoms with Crippen LogP contribution in [0.15, 0.2) is 0 Å². The fourth-order valence-corrected chi connectivity index (χ4v) is 2.02. The summed E-state index contributed by atoms with van der Waals surface area (Å²) in [7, 11) is 1.00. The maximum atomic E-state index is 10.5. The van der Waals surface area contributed by atoms with Crippen LogP contribution in [0.5, 0.6) is 0 Å². The molecule has 0 amide bonds. The van der Waals surface area contributed by atoms with E-state index in [-0.39, 0.29) is 0 Å². The predicted octanol–water partition coefficient (Wildman–Crippen LogP) is 2.09. The summed E-state index contributed by atoms with van der Waals surface area (Å²) in [6.45, 7) is 6.01. The maximum Gasteiger partial charge on any atom is 0.151 e. The molecule has 1 N–H and O–H groups in total. The molecule has 1 aromatic rings. The van der Waals surface area contributed by atoms with Gasteiger partial charge in [-0.2, -0.15) is 0 Å². The van der Waals surface area contributed by atoms with E-state index in [0.29, 0.717) is 0 Å². The molecule has 1 heterocycles. The topological polar surface area (TPSA) is 37.3 Å². The van der Waals surface area contributed by atoms with Crippen LogP contribution >= 0.6 is 11.3 Å². The first-order valence-corrected chi connectivity index (χ1v) is 4.45. The van der Waals surface area contributed by atoms with E-state index in [1.54, 1.807) is 11.3 Å². The van der Waals surface area contributed by atoms with E-state index in [2.05, 4.69) is 0 Å². The Bertz CT molecular complexity index is 264. The molecule has 0 unspecified atom stereocenters. The Hall–Kier alpha value is -0.670. The molecule has 0 aliphatic carbocycles. The summed E-state index contributed by atoms with van der Waals surface area (Å²) in [5, 5.41) is 7.00. The van der Waals surface area contributed by atoms with Gasteiger partial charge in [0, 0.05) is 22.4 Å². The summed E-state index contributed by atoms with van der Waals surface area (Å²) in [5.74, 6) is 0. The lowest BCUT2D eigenvalue weighted by atomic mass is 10.1. The highest BCUT2D eigenvalue weighted by atomic mass is 32.1. The molecule has 2 nitrogen and oxygen atoms in total. The van der Waals surface area contributed by atoms with Gasteiger partial charge in [0.1, 0.15) is 0 Å². The second-order valence-electron chi connectivity index (χ2n) is 2.37. The van der Waals surface area contributed by atoms with Gasteiger partial charge in [-0.1, -0.05) is 0 Å². The van der Waals surface area contributed by atoms with Crippen molar-refractivity contribution in [2.75, 3.05) is 7.11 Å². The van der Waals surface area contributed by atoms with Gasteiger partial charge in [-0.05, 0) is 26.3 Å². The number of aldehydes is 1. The minimum absolute atomic E-state index is 0.877. The summed E-state index contributed by atoms with van der Waals surface area (Å²) in [6, 6.07) is 0. The summed E-state index contributed by atoms with van der Waals surface area (Å²) in [4.78, 5) is 12.8. The molecule has 0 fully saturated rings. The predicted molar refractivity (Wildman–Crippen MR) is 52.1 cm³/mol. The van der Waals surface area contributed by atoms with Crippen molar-refractivity contribution in [1.82, 2.24) is 0 Å². The summed E-state index contributed by atoms with van der Waals surface area (Å²) >= 11 is 1.69. The lowest BCUT2D eigenvalue weighted by molar-refractivity contribution is 0.112. The molecule has 0 saturated heterocycles. The Labute approximate surface area is 76.9 Å². The Morgan fingerprint density at radius 2 is 1.67 bits per heavy atom. The Kier molecular flexibility index (Phi) is 4.78. The van der Waals surface area contributed by atoms with Gasteiger partial charge in [-0.3, -0.25) is 4.79 Å². The van der Waals surface area contributed by atoms with Gasteiger partial charge in [0.2, 0.25) is 0 Å². The standard InChI is InChI=1S/C8H10OS.CH4O/c1-5-6(2)10-7(3)8(5)4-9;1-2/h4H,1-3H3;2H,1H3. The minimum Gasteiger partial charge on any atom is -0.400 e. The Morgan fingerprint density at radius 1 is 1.17 bits per heavy atom. The Morgan fingerprint density at radius 3 is 1.83 bits per heavy atom. The number of thiophene rings is 1. The fourth-order valence-electron chi connectivity index (χ4n) is 0.986. The van der Waals surface area contributed by atoms with E-state index in [1.165, 1.54) is 4.88 Å². The van der Waals surface area contributed by atoms with Crippen molar-refractivity contribution in [2.45, 2.75) is 20.8 Å². The zero-order chi connectivity index (χ0) is 9.72. The molecular formula is C9H14O2S. The quantitative estimate of drug-likeness (QED) is 0.682. The minimum atomic E-state index is 0.877. The fraction of sp³-hybridized carbons (Fsp3) is 0.444. The first kappa shape index (κ1) is 11.3. The second kappa shape index (κ2) is 5.06. The molecule has 12 heavy (non-hydrogen) atoms. The third-order valence-corrected chi connectivity index (χ3v) is 2.87. The van der Waals surface area contributed by atoms with Crippen LogP contribution in [0, 0.1) is 20.8 Å². The number of hydrogen-bond donors (Lipinski definition) is 1. The van der Waals surface area contributed by atoms with E-state index in [0.717, 1.165) is 29.4 Å². The van der Waals surface area contributed by atoms with Crippen molar-refractivity contribution in [3.8, 4) is 0 Å². The monoisotopic (exact) mass is 186 g/mol. The molecular weight excluding hydrogens is 172 g/mol. The van der Waals surface area contributed by atoms with Crippen LogP contribution in [0.2, 0.25) is 0 Å². The van der Waals surface area contributed by atoms with Crippen LogP contribution in [0.1, 0.15) is 25.7 Å². The lowest BCUT2D eigenvalue weighted by Crippen LogP contribution is -1.81. The zero-order valence-corrected chi connectivity index (χ0v) is 8.66. The molecule has 0 aliphatic heterocycles. The normalized spacial score (nSPS) is 8.75. The maximum absolute atomic E-state index is 10.5. The third kappa shape index (κ3) is 2.16. The number of hydrogen-bond acceptors (Lipinski definition) is 3. The number of rotatable bonds is 1. The van der Waals surface area contributed by atoms with Gasteiger partial charge >= 0.3 is 0 Å². The highest BCUT2D eigenvalue weighted by molar-refractivity contribution is 7.12. The van der Waals surface area contributed by atoms with Gasteiger partial charge in [0.25, 0.3) is 0 Å². The molecule has 0 aliphatic rings. The first-order chi connectivity index (χ1) is 5.66. The number of aliphatic hydroxyl groups is 1. The summed E-state index contributed by atoms with van der Waals surface area (Å²) in [6.07, 6.45) is 0.939. The molecule has 0 saturated carbocycles. The SMILES string of the molecule is CO.Cc1sc(C)c(C=O)c1C. The molecule has 1 aromatic heterocycles. The number of aliphatic hydroxyl groups excluding tert-OH is 1. The van der Waals surface area contributed by atoms with Crippen LogP contribution in [-0.2, 0) is 0 Å². The van der Waals surface area contributed by atoms with Crippen LogP contribution in [-0.4, -0.2) is 18.5 Å². The van der Waals surface area contributed by atoms with Crippen molar-refractivity contribution in [2.24, 2.45) is 0 Å². The second-order valence-corrected chi connectivity index (χ2v) is 3.80. The molecule has 0 aromatic carbocycles. The molecule has 0 bridgehead atoms. The van der Waals surface area contributed by atoms with E-state index < -0.39 is 0 Å². The highest BCUT2D eigenvalue weighted by Crippen LogP contribution is 2.24. The molecule has 0 spiro atoms. The van der Waals surface area contributed by atoms with Crippen molar-refractivity contribution in [3.63, 3.8) is 0 Å². The Balaban J connectivity index is 0.000000561. The molecule has 3 heteroatoms. The van der Waals surface area contributed by atoms with E-state index in [1.807, 2.05) is 20.8 Å². The summed E-state index contributed by atoms with van der Waals surface area (Å²) in [5.41, 5.74) is 2.01. The zero-order valence-electron chi connectivity index (χ0n) is 7.84. The molecule has 1 rings (SSSR count). The van der Waals surface area contributed by atoms with E-state index in [9.17, 15) is 4.79 Å². The van der Waals surface area contributed by atoms with Crippen molar-refractivity contribution in [3.05, 3.63) is 20.9 Å². The van der Waals surface area contributed by atoms with Crippen LogP contribution in [0.4, 0.5) is 0 Å². The van der Waals surface area contributed by atoms with Gasteiger partial charge < -0.3 is 5.11 Å². The van der Waals surface area contributed by atoms with Gasteiger partial charge in [0.05, 0.1) is 0 Å². The van der Waals surface area contributed by atoms with Gasteiger partial charge in [-0.25, -0.2) is 0 Å². The number of aryl methyl sites for hydroxylation is 2. The summed E-state index contributed by atoms with van der Waals surface area (Å²) < 4.78 is 0. The highest BCUT2D eigenvalue weighted by Gasteiger charge is 2.06. The molecule has 0 radical (unpaired) electrons. The first-order valence-electron chi connectivity index (χ1n) is 3.63. The lowest BCUT2D eigenvalue weighted by Gasteiger charge is -1.87. The smallest absolute Gasteiger partial charge is 0.151 e. The van der Waals surface area contributed by atoms with E-state index in [4.69, 9.17) is 5.11 Å². The van der Waals surface area contributed by atoms with Crippen LogP contribution < -0.4 is 0 Å². The van der Waals surface area contributed by atoms with Gasteiger partial charge in [-0.15, -0.1) is 11.3 Å². The van der Waals surface area contributed by atoms with Crippen molar-refractivity contribution in [1.29, 1.82) is 0 Å². The van der Waals surface area contributed by atoms with Crippen LogP contribution in [0.25, 0.3) is 0 Å². The number of carbonyl (C=O) groups excluding carboxylic acids is 1. The average molecular weight is 186 g/mol.